The Morgan fingerprint density at radius 2 is 1.94 bits per heavy atom. The number of hydrogen-bond donors (Lipinski definition) is 1. The highest BCUT2D eigenvalue weighted by molar-refractivity contribution is 4.82. The molecule has 1 aliphatic carbocycles. The summed E-state index contributed by atoms with van der Waals surface area (Å²) in [6.07, 6.45) is 3.89. The first kappa shape index (κ1) is 13.9. The summed E-state index contributed by atoms with van der Waals surface area (Å²) in [6, 6.07) is 0.815. The molecule has 0 spiro atoms. The Kier molecular flexibility index (Phi) is 7.01. The molecule has 96 valence electrons. The van der Waals surface area contributed by atoms with Gasteiger partial charge in [-0.25, -0.2) is 0 Å². The largest absolute Gasteiger partial charge is 0.382 e. The van der Waals surface area contributed by atoms with Crippen LogP contribution in [0.5, 0.6) is 0 Å². The van der Waals surface area contributed by atoms with Gasteiger partial charge in [0.15, 0.2) is 0 Å². The average Bonchev–Trinajstić information content (AvgIpc) is 3.05. The zero-order valence-corrected chi connectivity index (χ0v) is 11.0. The minimum absolute atomic E-state index is 0.701. The molecule has 1 N–H and O–H groups in total. The SMILES string of the molecule is COCCOCCC(CNC1CC1)C(C)C. The summed E-state index contributed by atoms with van der Waals surface area (Å²) in [7, 11) is 1.71. The Morgan fingerprint density at radius 3 is 2.50 bits per heavy atom. The molecule has 1 atom stereocenters. The minimum atomic E-state index is 0.701. The molecule has 0 saturated heterocycles. The van der Waals surface area contributed by atoms with Crippen LogP contribution in [0.1, 0.15) is 33.1 Å². The van der Waals surface area contributed by atoms with Crippen LogP contribution in [0.15, 0.2) is 0 Å². The van der Waals surface area contributed by atoms with E-state index in [4.69, 9.17) is 9.47 Å². The molecule has 0 heterocycles. The molecule has 1 saturated carbocycles. The van der Waals surface area contributed by atoms with E-state index in [-0.39, 0.29) is 0 Å². The Labute approximate surface area is 99.9 Å². The van der Waals surface area contributed by atoms with E-state index in [2.05, 4.69) is 19.2 Å². The highest BCUT2D eigenvalue weighted by atomic mass is 16.5. The van der Waals surface area contributed by atoms with Crippen molar-refractivity contribution in [3.63, 3.8) is 0 Å². The van der Waals surface area contributed by atoms with Crippen molar-refractivity contribution in [1.82, 2.24) is 5.32 Å². The zero-order valence-electron chi connectivity index (χ0n) is 11.0. The molecule has 1 fully saturated rings. The minimum Gasteiger partial charge on any atom is -0.382 e. The summed E-state index contributed by atoms with van der Waals surface area (Å²) in [5, 5.41) is 3.61. The molecule has 3 nitrogen and oxygen atoms in total. The molecule has 0 aliphatic heterocycles. The third-order valence-corrected chi connectivity index (χ3v) is 3.25. The highest BCUT2D eigenvalue weighted by Gasteiger charge is 2.22. The molecule has 0 bridgehead atoms. The Hall–Kier alpha value is -0.120. The average molecular weight is 229 g/mol. The van der Waals surface area contributed by atoms with Crippen LogP contribution in [-0.2, 0) is 9.47 Å². The third kappa shape index (κ3) is 6.46. The lowest BCUT2D eigenvalue weighted by Gasteiger charge is -2.21. The van der Waals surface area contributed by atoms with Crippen molar-refractivity contribution in [2.45, 2.75) is 39.2 Å². The van der Waals surface area contributed by atoms with Crippen LogP contribution in [0.2, 0.25) is 0 Å². The van der Waals surface area contributed by atoms with Crippen LogP contribution in [0.25, 0.3) is 0 Å². The molecular weight excluding hydrogens is 202 g/mol. The quantitative estimate of drug-likeness (QED) is 0.582. The van der Waals surface area contributed by atoms with Gasteiger partial charge >= 0.3 is 0 Å². The number of nitrogens with one attached hydrogen (secondary N) is 1. The second-order valence-electron chi connectivity index (χ2n) is 5.08. The van der Waals surface area contributed by atoms with Crippen LogP contribution in [-0.4, -0.2) is 39.5 Å². The van der Waals surface area contributed by atoms with E-state index in [1.165, 1.54) is 12.8 Å². The lowest BCUT2D eigenvalue weighted by Crippen LogP contribution is -2.28. The van der Waals surface area contributed by atoms with Crippen LogP contribution in [0.4, 0.5) is 0 Å². The Bertz CT molecular complexity index is 169. The van der Waals surface area contributed by atoms with Gasteiger partial charge in [-0.3, -0.25) is 0 Å². The van der Waals surface area contributed by atoms with Gasteiger partial charge < -0.3 is 14.8 Å². The van der Waals surface area contributed by atoms with Crippen molar-refractivity contribution in [3.05, 3.63) is 0 Å². The van der Waals surface area contributed by atoms with Gasteiger partial charge in [-0.1, -0.05) is 13.8 Å². The van der Waals surface area contributed by atoms with E-state index >= 15 is 0 Å². The normalized spacial score (nSPS) is 18.0. The van der Waals surface area contributed by atoms with Gasteiger partial charge in [0, 0.05) is 19.8 Å². The van der Waals surface area contributed by atoms with Crippen LogP contribution in [0.3, 0.4) is 0 Å². The molecule has 0 aromatic rings. The number of hydrogen-bond acceptors (Lipinski definition) is 3. The fourth-order valence-electron chi connectivity index (χ4n) is 1.76. The second kappa shape index (κ2) is 8.04. The number of methoxy groups -OCH3 is 1. The van der Waals surface area contributed by atoms with Gasteiger partial charge in [0.1, 0.15) is 0 Å². The first-order valence-corrected chi connectivity index (χ1v) is 6.54. The van der Waals surface area contributed by atoms with E-state index in [9.17, 15) is 0 Å². The topological polar surface area (TPSA) is 30.5 Å². The van der Waals surface area contributed by atoms with Crippen LogP contribution < -0.4 is 5.32 Å². The fraction of sp³-hybridized carbons (Fsp3) is 1.00. The number of ether oxygens (including phenoxy) is 2. The first-order valence-electron chi connectivity index (χ1n) is 6.54. The lowest BCUT2D eigenvalue weighted by atomic mass is 9.93. The smallest absolute Gasteiger partial charge is 0.0700 e. The van der Waals surface area contributed by atoms with Crippen molar-refractivity contribution < 1.29 is 9.47 Å². The van der Waals surface area contributed by atoms with Crippen molar-refractivity contribution in [1.29, 1.82) is 0 Å². The summed E-state index contributed by atoms with van der Waals surface area (Å²) in [5.74, 6) is 1.47. The predicted molar refractivity (Wildman–Crippen MR) is 66.7 cm³/mol. The van der Waals surface area contributed by atoms with Gasteiger partial charge in [-0.2, -0.15) is 0 Å². The second-order valence-corrected chi connectivity index (χ2v) is 5.08. The molecule has 1 rings (SSSR count). The van der Waals surface area contributed by atoms with Crippen LogP contribution in [0, 0.1) is 11.8 Å². The maximum absolute atomic E-state index is 5.52. The lowest BCUT2D eigenvalue weighted by molar-refractivity contribution is 0.0606. The molecule has 0 aromatic heterocycles. The van der Waals surface area contributed by atoms with Gasteiger partial charge in [0.05, 0.1) is 13.2 Å². The molecule has 16 heavy (non-hydrogen) atoms. The monoisotopic (exact) mass is 229 g/mol. The standard InChI is InChI=1S/C13H27NO2/c1-11(2)12(10-14-13-4-5-13)6-7-16-9-8-15-3/h11-14H,4-10H2,1-3H3. The molecule has 1 aliphatic rings. The zero-order chi connectivity index (χ0) is 11.8. The van der Waals surface area contributed by atoms with Crippen LogP contribution >= 0.6 is 0 Å². The number of rotatable bonds is 10. The molecule has 1 unspecified atom stereocenters. The summed E-state index contributed by atoms with van der Waals surface area (Å²) in [6.45, 7) is 8.03. The van der Waals surface area contributed by atoms with Gasteiger partial charge in [0.2, 0.25) is 0 Å². The van der Waals surface area contributed by atoms with Crippen molar-refractivity contribution >= 4 is 0 Å². The molecule has 0 aromatic carbocycles. The van der Waals surface area contributed by atoms with Gasteiger partial charge in [-0.05, 0) is 37.6 Å². The Morgan fingerprint density at radius 1 is 1.19 bits per heavy atom. The molecule has 0 amide bonds. The summed E-state index contributed by atoms with van der Waals surface area (Å²) in [4.78, 5) is 0. The maximum Gasteiger partial charge on any atom is 0.0700 e. The third-order valence-electron chi connectivity index (χ3n) is 3.25. The predicted octanol–water partition coefficient (Wildman–Crippen LogP) is 2.06. The molecule has 0 radical (unpaired) electrons. The summed E-state index contributed by atoms with van der Waals surface area (Å²) < 4.78 is 10.5. The summed E-state index contributed by atoms with van der Waals surface area (Å²) >= 11 is 0. The fourth-order valence-corrected chi connectivity index (χ4v) is 1.76. The molecule has 3 heteroatoms. The van der Waals surface area contributed by atoms with Gasteiger partial charge in [-0.15, -0.1) is 0 Å². The van der Waals surface area contributed by atoms with E-state index in [0.717, 1.165) is 44.1 Å². The summed E-state index contributed by atoms with van der Waals surface area (Å²) in [5.41, 5.74) is 0. The molecular formula is C13H27NO2. The van der Waals surface area contributed by atoms with Crippen molar-refractivity contribution in [2.75, 3.05) is 33.5 Å². The van der Waals surface area contributed by atoms with E-state index in [0.29, 0.717) is 6.61 Å². The van der Waals surface area contributed by atoms with E-state index in [1.807, 2.05) is 0 Å². The highest BCUT2D eigenvalue weighted by Crippen LogP contribution is 2.21. The van der Waals surface area contributed by atoms with Gasteiger partial charge in [0.25, 0.3) is 0 Å². The first-order chi connectivity index (χ1) is 7.74. The van der Waals surface area contributed by atoms with Crippen molar-refractivity contribution in [3.8, 4) is 0 Å². The van der Waals surface area contributed by atoms with E-state index < -0.39 is 0 Å². The Balaban J connectivity index is 2.02. The maximum atomic E-state index is 5.52. The van der Waals surface area contributed by atoms with E-state index in [1.54, 1.807) is 7.11 Å². The van der Waals surface area contributed by atoms with Crippen molar-refractivity contribution in [2.24, 2.45) is 11.8 Å².